The van der Waals surface area contributed by atoms with Crippen molar-refractivity contribution in [3.63, 3.8) is 0 Å². The molecule has 0 radical (unpaired) electrons. The number of aromatic nitrogens is 4. The van der Waals surface area contributed by atoms with Crippen LogP contribution >= 0.6 is 11.6 Å². The van der Waals surface area contributed by atoms with Crippen LogP contribution < -0.4 is 10.9 Å². The lowest BCUT2D eigenvalue weighted by Gasteiger charge is -2.07. The van der Waals surface area contributed by atoms with E-state index in [0.29, 0.717) is 35.7 Å². The van der Waals surface area contributed by atoms with Crippen molar-refractivity contribution >= 4 is 34.6 Å². The maximum absolute atomic E-state index is 12.8. The minimum absolute atomic E-state index is 0.144. The summed E-state index contributed by atoms with van der Waals surface area (Å²) in [7, 11) is 0. The van der Waals surface area contributed by atoms with Crippen molar-refractivity contribution in [1.29, 1.82) is 0 Å². The molecule has 0 bridgehead atoms. The normalized spacial score (nSPS) is 11.3. The molecule has 0 aliphatic heterocycles. The van der Waals surface area contributed by atoms with E-state index in [1.54, 1.807) is 21.4 Å². The summed E-state index contributed by atoms with van der Waals surface area (Å²) < 4.78 is 3.19. The van der Waals surface area contributed by atoms with Gasteiger partial charge in [-0.05, 0) is 30.2 Å². The Balaban J connectivity index is 1.40. The Hall–Kier alpha value is -3.71. The van der Waals surface area contributed by atoms with E-state index in [1.165, 1.54) is 18.6 Å². The van der Waals surface area contributed by atoms with Gasteiger partial charge in [0.25, 0.3) is 5.56 Å². The molecule has 32 heavy (non-hydrogen) atoms. The predicted molar refractivity (Wildman–Crippen MR) is 126 cm³/mol. The van der Waals surface area contributed by atoms with E-state index in [0.717, 1.165) is 16.7 Å². The largest absolute Gasteiger partial charge is 0.351 e. The first-order valence-corrected chi connectivity index (χ1v) is 10.6. The Labute approximate surface area is 190 Å². The summed E-state index contributed by atoms with van der Waals surface area (Å²) in [5, 5.41) is 8.10. The van der Waals surface area contributed by atoms with Crippen molar-refractivity contribution in [3.05, 3.63) is 99.2 Å². The van der Waals surface area contributed by atoms with Crippen LogP contribution in [-0.2, 0) is 17.9 Å². The predicted octanol–water partition coefficient (Wildman–Crippen LogP) is 3.43. The van der Waals surface area contributed by atoms with Crippen molar-refractivity contribution < 1.29 is 4.79 Å². The van der Waals surface area contributed by atoms with Gasteiger partial charge in [-0.3, -0.25) is 14.2 Å². The Morgan fingerprint density at radius 3 is 2.84 bits per heavy atom. The molecule has 0 aliphatic carbocycles. The zero-order valence-electron chi connectivity index (χ0n) is 17.5. The SMILES string of the molecule is Cc1cccc(Cn2cnc3c(cnn3CCNC(=O)/C=C/c3ccccc3Cl)c2=O)c1. The van der Waals surface area contributed by atoms with Crippen LogP contribution in [0.4, 0.5) is 0 Å². The van der Waals surface area contributed by atoms with Gasteiger partial charge in [0.15, 0.2) is 5.65 Å². The molecular weight excluding hydrogens is 426 g/mol. The average Bonchev–Trinajstić information content (AvgIpc) is 3.19. The van der Waals surface area contributed by atoms with Crippen LogP contribution in [0, 0.1) is 6.92 Å². The van der Waals surface area contributed by atoms with E-state index < -0.39 is 0 Å². The minimum Gasteiger partial charge on any atom is -0.351 e. The highest BCUT2D eigenvalue weighted by atomic mass is 35.5. The van der Waals surface area contributed by atoms with Crippen molar-refractivity contribution in [2.24, 2.45) is 0 Å². The summed E-state index contributed by atoms with van der Waals surface area (Å²) in [5.41, 5.74) is 3.30. The standard InChI is InChI=1S/C24H22ClN5O2/c1-17-5-4-6-18(13-17)15-29-16-27-23-20(24(29)32)14-28-30(23)12-11-26-22(31)10-9-19-7-2-3-8-21(19)25/h2-10,13-14,16H,11-12,15H2,1H3,(H,26,31)/b10-9+. The molecule has 2 aromatic heterocycles. The summed E-state index contributed by atoms with van der Waals surface area (Å²) in [4.78, 5) is 29.3. The zero-order chi connectivity index (χ0) is 22.5. The quantitative estimate of drug-likeness (QED) is 0.440. The molecule has 162 valence electrons. The second-order valence-corrected chi connectivity index (χ2v) is 7.82. The van der Waals surface area contributed by atoms with Crippen LogP contribution in [0.2, 0.25) is 5.02 Å². The molecule has 2 heterocycles. The number of hydrogen-bond acceptors (Lipinski definition) is 4. The Bertz CT molecular complexity index is 1360. The number of carbonyl (C=O) groups excluding carboxylic acids is 1. The topological polar surface area (TPSA) is 81.8 Å². The Kier molecular flexibility index (Phi) is 6.47. The van der Waals surface area contributed by atoms with Gasteiger partial charge in [0, 0.05) is 17.6 Å². The zero-order valence-corrected chi connectivity index (χ0v) is 18.3. The lowest BCUT2D eigenvalue weighted by atomic mass is 10.1. The van der Waals surface area contributed by atoms with Crippen molar-refractivity contribution in [3.8, 4) is 0 Å². The molecule has 2 aromatic carbocycles. The van der Waals surface area contributed by atoms with Crippen LogP contribution in [0.15, 0.2) is 71.9 Å². The monoisotopic (exact) mass is 447 g/mol. The highest BCUT2D eigenvalue weighted by Gasteiger charge is 2.10. The Morgan fingerprint density at radius 1 is 1.19 bits per heavy atom. The molecular formula is C24H22ClN5O2. The third-order valence-electron chi connectivity index (χ3n) is 5.00. The molecule has 0 spiro atoms. The van der Waals surface area contributed by atoms with Gasteiger partial charge in [0.05, 0.1) is 19.3 Å². The number of rotatable bonds is 7. The summed E-state index contributed by atoms with van der Waals surface area (Å²) in [6.07, 6.45) is 6.16. The van der Waals surface area contributed by atoms with Crippen molar-refractivity contribution in [1.82, 2.24) is 24.6 Å². The number of nitrogens with zero attached hydrogens (tertiary/aromatic N) is 4. The molecule has 0 fully saturated rings. The number of carbonyl (C=O) groups is 1. The van der Waals surface area contributed by atoms with E-state index in [1.807, 2.05) is 49.4 Å². The van der Waals surface area contributed by atoms with Gasteiger partial charge in [-0.2, -0.15) is 5.10 Å². The average molecular weight is 448 g/mol. The lowest BCUT2D eigenvalue weighted by Crippen LogP contribution is -2.26. The smallest absolute Gasteiger partial charge is 0.264 e. The van der Waals surface area contributed by atoms with E-state index in [-0.39, 0.29) is 11.5 Å². The first kappa shape index (κ1) is 21.5. The maximum Gasteiger partial charge on any atom is 0.264 e. The fourth-order valence-electron chi connectivity index (χ4n) is 3.40. The molecule has 1 N–H and O–H groups in total. The number of aryl methyl sites for hydroxylation is 1. The molecule has 1 amide bonds. The fraction of sp³-hybridized carbons (Fsp3) is 0.167. The fourth-order valence-corrected chi connectivity index (χ4v) is 3.60. The van der Waals surface area contributed by atoms with E-state index in [4.69, 9.17) is 11.6 Å². The van der Waals surface area contributed by atoms with Crippen molar-refractivity contribution in [2.45, 2.75) is 20.0 Å². The second kappa shape index (κ2) is 9.62. The number of nitrogens with one attached hydrogen (secondary N) is 1. The van der Waals surface area contributed by atoms with E-state index in [2.05, 4.69) is 15.4 Å². The first-order chi connectivity index (χ1) is 15.5. The highest BCUT2D eigenvalue weighted by molar-refractivity contribution is 6.32. The van der Waals surface area contributed by atoms with Gasteiger partial charge >= 0.3 is 0 Å². The van der Waals surface area contributed by atoms with Gasteiger partial charge in [-0.25, -0.2) is 9.67 Å². The van der Waals surface area contributed by atoms with Gasteiger partial charge in [0.2, 0.25) is 5.91 Å². The first-order valence-electron chi connectivity index (χ1n) is 10.2. The molecule has 0 aliphatic rings. The van der Waals surface area contributed by atoms with Crippen LogP contribution in [0.1, 0.15) is 16.7 Å². The summed E-state index contributed by atoms with van der Waals surface area (Å²) in [5.74, 6) is -0.241. The molecule has 4 aromatic rings. The van der Waals surface area contributed by atoms with Crippen LogP contribution in [0.3, 0.4) is 0 Å². The van der Waals surface area contributed by atoms with Crippen LogP contribution in [0.25, 0.3) is 17.1 Å². The maximum atomic E-state index is 12.8. The summed E-state index contributed by atoms with van der Waals surface area (Å²) in [6.45, 7) is 3.20. The van der Waals surface area contributed by atoms with Gasteiger partial charge < -0.3 is 5.32 Å². The molecule has 8 heteroatoms. The summed E-state index contributed by atoms with van der Waals surface area (Å²) >= 11 is 6.08. The van der Waals surface area contributed by atoms with Gasteiger partial charge in [-0.15, -0.1) is 0 Å². The van der Waals surface area contributed by atoms with Gasteiger partial charge in [-0.1, -0.05) is 59.6 Å². The molecule has 4 rings (SSSR count). The Morgan fingerprint density at radius 2 is 2.03 bits per heavy atom. The number of hydrogen-bond donors (Lipinski definition) is 1. The highest BCUT2D eigenvalue weighted by Crippen LogP contribution is 2.16. The number of halogens is 1. The molecule has 0 unspecified atom stereocenters. The van der Waals surface area contributed by atoms with Gasteiger partial charge in [0.1, 0.15) is 11.7 Å². The molecule has 0 saturated carbocycles. The summed E-state index contributed by atoms with van der Waals surface area (Å²) in [6, 6.07) is 15.3. The van der Waals surface area contributed by atoms with Crippen LogP contribution in [0.5, 0.6) is 0 Å². The third kappa shape index (κ3) is 4.95. The molecule has 0 saturated heterocycles. The van der Waals surface area contributed by atoms with Crippen LogP contribution in [-0.4, -0.2) is 31.8 Å². The number of fused-ring (bicyclic) bond motifs is 1. The lowest BCUT2D eigenvalue weighted by molar-refractivity contribution is -0.116. The molecule has 0 atom stereocenters. The van der Waals surface area contributed by atoms with E-state index in [9.17, 15) is 9.59 Å². The minimum atomic E-state index is -0.241. The number of benzene rings is 2. The van der Waals surface area contributed by atoms with Crippen molar-refractivity contribution in [2.75, 3.05) is 6.54 Å². The second-order valence-electron chi connectivity index (χ2n) is 7.42. The number of amides is 1. The third-order valence-corrected chi connectivity index (χ3v) is 5.34. The molecule has 7 nitrogen and oxygen atoms in total. The van der Waals surface area contributed by atoms with E-state index >= 15 is 0 Å².